The van der Waals surface area contributed by atoms with E-state index in [1.54, 1.807) is 11.3 Å². The molecule has 2 rings (SSSR count). The molecule has 18 heavy (non-hydrogen) atoms. The molecule has 0 amide bonds. The second-order valence-corrected chi connectivity index (χ2v) is 6.23. The predicted octanol–water partition coefficient (Wildman–Crippen LogP) is 3.93. The van der Waals surface area contributed by atoms with Crippen LogP contribution in [0.15, 0.2) is 24.3 Å². The van der Waals surface area contributed by atoms with Crippen molar-refractivity contribution in [2.24, 2.45) is 5.73 Å². The smallest absolute Gasteiger partial charge is 0.114 e. The summed E-state index contributed by atoms with van der Waals surface area (Å²) in [5.74, 6) is 0.555. The topological polar surface area (TPSA) is 38.9 Å². The van der Waals surface area contributed by atoms with Gasteiger partial charge >= 0.3 is 0 Å². The third-order valence-corrected chi connectivity index (χ3v) is 4.43. The number of aryl methyl sites for hydroxylation is 2. The molecule has 0 radical (unpaired) electrons. The Morgan fingerprint density at radius 2 is 1.61 bits per heavy atom. The van der Waals surface area contributed by atoms with E-state index in [0.29, 0.717) is 5.92 Å². The minimum atomic E-state index is -0.108. The highest BCUT2D eigenvalue weighted by Gasteiger charge is 2.14. The number of nitrogens with two attached hydrogens (primary N) is 1. The third-order valence-electron chi connectivity index (χ3n) is 3.27. The van der Waals surface area contributed by atoms with E-state index in [1.807, 2.05) is 6.92 Å². The standard InChI is InChI=1S/C15H20N2S/c1-9(2)12-5-7-13(8-6-12)14(16)15-17-10(3)11(4)18-15/h5-9,14H,16H2,1-4H3. The maximum absolute atomic E-state index is 6.27. The third kappa shape index (κ3) is 2.62. The number of rotatable bonds is 3. The fraction of sp³-hybridized carbons (Fsp3) is 0.400. The monoisotopic (exact) mass is 260 g/mol. The van der Waals surface area contributed by atoms with E-state index in [4.69, 9.17) is 5.73 Å². The highest BCUT2D eigenvalue weighted by atomic mass is 32.1. The fourth-order valence-corrected chi connectivity index (χ4v) is 2.81. The van der Waals surface area contributed by atoms with Gasteiger partial charge in [0, 0.05) is 4.88 Å². The molecule has 3 heteroatoms. The van der Waals surface area contributed by atoms with Crippen LogP contribution in [-0.4, -0.2) is 4.98 Å². The van der Waals surface area contributed by atoms with Crippen LogP contribution in [0.25, 0.3) is 0 Å². The lowest BCUT2D eigenvalue weighted by molar-refractivity contribution is 0.838. The van der Waals surface area contributed by atoms with Gasteiger partial charge in [0.05, 0.1) is 11.7 Å². The molecule has 1 aromatic carbocycles. The maximum atomic E-state index is 6.27. The summed E-state index contributed by atoms with van der Waals surface area (Å²) >= 11 is 1.69. The molecular formula is C15H20N2S. The van der Waals surface area contributed by atoms with E-state index in [2.05, 4.69) is 50.0 Å². The fourth-order valence-electron chi connectivity index (χ4n) is 1.86. The molecule has 0 aliphatic rings. The zero-order valence-corrected chi connectivity index (χ0v) is 12.2. The molecule has 1 heterocycles. The number of thiazole rings is 1. The first kappa shape index (κ1) is 13.2. The Labute approximate surface area is 113 Å². The van der Waals surface area contributed by atoms with Crippen LogP contribution in [0.2, 0.25) is 0 Å². The van der Waals surface area contributed by atoms with Gasteiger partial charge < -0.3 is 5.73 Å². The number of hydrogen-bond acceptors (Lipinski definition) is 3. The van der Waals surface area contributed by atoms with Crippen molar-refractivity contribution in [1.82, 2.24) is 4.98 Å². The first-order chi connectivity index (χ1) is 8.49. The van der Waals surface area contributed by atoms with Gasteiger partial charge in [0.25, 0.3) is 0 Å². The summed E-state index contributed by atoms with van der Waals surface area (Å²) in [5, 5.41) is 1.00. The molecule has 2 nitrogen and oxygen atoms in total. The van der Waals surface area contributed by atoms with Crippen LogP contribution in [0.1, 0.15) is 52.5 Å². The second-order valence-electron chi connectivity index (χ2n) is 4.99. The van der Waals surface area contributed by atoms with Crippen LogP contribution >= 0.6 is 11.3 Å². The molecule has 0 aliphatic heterocycles. The summed E-state index contributed by atoms with van der Waals surface area (Å²) in [6, 6.07) is 8.45. The van der Waals surface area contributed by atoms with Crippen molar-refractivity contribution in [2.45, 2.75) is 39.7 Å². The van der Waals surface area contributed by atoms with E-state index in [-0.39, 0.29) is 6.04 Å². The van der Waals surface area contributed by atoms with Gasteiger partial charge in [-0.25, -0.2) is 4.98 Å². The second kappa shape index (κ2) is 5.21. The van der Waals surface area contributed by atoms with Crippen LogP contribution < -0.4 is 5.73 Å². The molecule has 96 valence electrons. The van der Waals surface area contributed by atoms with Gasteiger partial charge in [0.1, 0.15) is 5.01 Å². The van der Waals surface area contributed by atoms with Gasteiger partial charge in [-0.3, -0.25) is 0 Å². The van der Waals surface area contributed by atoms with Gasteiger partial charge in [-0.2, -0.15) is 0 Å². The van der Waals surface area contributed by atoms with E-state index >= 15 is 0 Å². The Morgan fingerprint density at radius 1 is 1.06 bits per heavy atom. The molecule has 0 bridgehead atoms. The van der Waals surface area contributed by atoms with E-state index in [0.717, 1.165) is 16.3 Å². The predicted molar refractivity (Wildman–Crippen MR) is 78.1 cm³/mol. The summed E-state index contributed by atoms with van der Waals surface area (Å²) in [6.45, 7) is 8.51. The number of aromatic nitrogens is 1. The molecule has 0 spiro atoms. The van der Waals surface area contributed by atoms with Crippen LogP contribution in [0.4, 0.5) is 0 Å². The lowest BCUT2D eigenvalue weighted by atomic mass is 9.99. The number of nitrogens with zero attached hydrogens (tertiary/aromatic N) is 1. The molecule has 0 aliphatic carbocycles. The normalized spacial score (nSPS) is 13.0. The highest BCUT2D eigenvalue weighted by molar-refractivity contribution is 7.11. The van der Waals surface area contributed by atoms with Gasteiger partial charge in [0.2, 0.25) is 0 Å². The van der Waals surface area contributed by atoms with Crippen molar-refractivity contribution in [1.29, 1.82) is 0 Å². The molecule has 1 atom stereocenters. The Morgan fingerprint density at radius 3 is 2.06 bits per heavy atom. The maximum Gasteiger partial charge on any atom is 0.114 e. The minimum absolute atomic E-state index is 0.108. The number of hydrogen-bond donors (Lipinski definition) is 1. The molecule has 2 aromatic rings. The van der Waals surface area contributed by atoms with Crippen LogP contribution in [-0.2, 0) is 0 Å². The van der Waals surface area contributed by atoms with Crippen molar-refractivity contribution in [3.8, 4) is 0 Å². The Hall–Kier alpha value is -1.19. The zero-order valence-electron chi connectivity index (χ0n) is 11.4. The average Bonchev–Trinajstić information content (AvgIpc) is 2.69. The van der Waals surface area contributed by atoms with Crippen molar-refractivity contribution in [2.75, 3.05) is 0 Å². The quantitative estimate of drug-likeness (QED) is 0.908. The molecule has 1 unspecified atom stereocenters. The average molecular weight is 260 g/mol. The van der Waals surface area contributed by atoms with Gasteiger partial charge in [0.15, 0.2) is 0 Å². The molecular weight excluding hydrogens is 240 g/mol. The van der Waals surface area contributed by atoms with Gasteiger partial charge in [-0.1, -0.05) is 38.1 Å². The van der Waals surface area contributed by atoms with Crippen LogP contribution in [0.3, 0.4) is 0 Å². The number of benzene rings is 1. The van der Waals surface area contributed by atoms with Gasteiger partial charge in [-0.05, 0) is 30.9 Å². The van der Waals surface area contributed by atoms with Crippen molar-refractivity contribution < 1.29 is 0 Å². The van der Waals surface area contributed by atoms with E-state index in [9.17, 15) is 0 Å². The van der Waals surface area contributed by atoms with Crippen molar-refractivity contribution >= 4 is 11.3 Å². The molecule has 0 fully saturated rings. The summed E-state index contributed by atoms with van der Waals surface area (Å²) in [5.41, 5.74) is 9.84. The van der Waals surface area contributed by atoms with E-state index in [1.165, 1.54) is 10.4 Å². The lowest BCUT2D eigenvalue weighted by Gasteiger charge is -2.11. The van der Waals surface area contributed by atoms with E-state index < -0.39 is 0 Å². The Balaban J connectivity index is 2.25. The Kier molecular flexibility index (Phi) is 3.83. The Bertz CT molecular complexity index is 506. The minimum Gasteiger partial charge on any atom is -0.318 e. The first-order valence-corrected chi connectivity index (χ1v) is 7.10. The summed E-state index contributed by atoms with van der Waals surface area (Å²) in [7, 11) is 0. The van der Waals surface area contributed by atoms with Crippen LogP contribution in [0, 0.1) is 13.8 Å². The molecule has 0 saturated carbocycles. The molecule has 0 saturated heterocycles. The highest BCUT2D eigenvalue weighted by Crippen LogP contribution is 2.27. The van der Waals surface area contributed by atoms with Crippen LogP contribution in [0.5, 0.6) is 0 Å². The first-order valence-electron chi connectivity index (χ1n) is 6.28. The zero-order chi connectivity index (χ0) is 13.3. The molecule has 2 N–H and O–H groups in total. The van der Waals surface area contributed by atoms with Crippen molar-refractivity contribution in [3.63, 3.8) is 0 Å². The largest absolute Gasteiger partial charge is 0.318 e. The summed E-state index contributed by atoms with van der Waals surface area (Å²) in [6.07, 6.45) is 0. The SMILES string of the molecule is Cc1nc(C(N)c2ccc(C(C)C)cc2)sc1C. The summed E-state index contributed by atoms with van der Waals surface area (Å²) < 4.78 is 0. The lowest BCUT2D eigenvalue weighted by Crippen LogP contribution is -2.11. The van der Waals surface area contributed by atoms with Gasteiger partial charge in [-0.15, -0.1) is 11.3 Å². The molecule has 1 aromatic heterocycles. The van der Waals surface area contributed by atoms with Crippen molar-refractivity contribution in [3.05, 3.63) is 51.0 Å². The summed E-state index contributed by atoms with van der Waals surface area (Å²) in [4.78, 5) is 5.79.